The fourth-order valence-electron chi connectivity index (χ4n) is 6.02. The zero-order chi connectivity index (χ0) is 28.9. The Morgan fingerprint density at radius 2 is 1.95 bits per heavy atom. The molecule has 2 heterocycles. The maximum absolute atomic E-state index is 15.2. The molecule has 1 N–H and O–H groups in total. The maximum Gasteiger partial charge on any atom is 0.239 e. The number of anilines is 1. The molecule has 41 heavy (non-hydrogen) atoms. The summed E-state index contributed by atoms with van der Waals surface area (Å²) in [6, 6.07) is 9.91. The fourth-order valence-corrected chi connectivity index (χ4v) is 7.78. The minimum Gasteiger partial charge on any atom is -0.373 e. The summed E-state index contributed by atoms with van der Waals surface area (Å²) in [4.78, 5) is 13.5. The van der Waals surface area contributed by atoms with Crippen LogP contribution in [0.5, 0.6) is 0 Å². The van der Waals surface area contributed by atoms with Gasteiger partial charge in [0.1, 0.15) is 17.3 Å². The summed E-state index contributed by atoms with van der Waals surface area (Å²) in [5, 5.41) is 5.34. The molecule has 2 bridgehead atoms. The molecule has 12 heteroatoms. The molecular formula is C29H30Cl2FN3O5S. The Balaban J connectivity index is 1.12. The molecule has 0 radical (unpaired) electrons. The van der Waals surface area contributed by atoms with Crippen LogP contribution in [0.15, 0.2) is 40.9 Å². The first-order chi connectivity index (χ1) is 19.6. The second-order valence-electron chi connectivity index (χ2n) is 11.1. The second kappa shape index (κ2) is 11.2. The highest BCUT2D eigenvalue weighted by atomic mass is 35.5. The van der Waals surface area contributed by atoms with E-state index in [1.165, 1.54) is 6.07 Å². The third-order valence-electron chi connectivity index (χ3n) is 8.15. The van der Waals surface area contributed by atoms with Gasteiger partial charge in [-0.25, -0.2) is 12.8 Å². The Kier molecular flexibility index (Phi) is 7.78. The second-order valence-corrected chi connectivity index (χ2v) is 13.6. The number of rotatable bonds is 10. The molecule has 3 aromatic rings. The van der Waals surface area contributed by atoms with E-state index in [2.05, 4.69) is 5.16 Å². The highest BCUT2D eigenvalue weighted by Gasteiger charge is 2.46. The molecule has 1 aromatic heterocycles. The fraction of sp³-hybridized carbons (Fsp3) is 0.448. The van der Waals surface area contributed by atoms with Crippen LogP contribution >= 0.6 is 23.2 Å². The van der Waals surface area contributed by atoms with Crippen molar-refractivity contribution in [3.8, 4) is 11.3 Å². The molecule has 6 rings (SSSR count). The average molecular weight is 623 g/mol. The topological polar surface area (TPSA) is 102 Å². The number of halogens is 3. The van der Waals surface area contributed by atoms with Crippen LogP contribution in [-0.4, -0.2) is 38.2 Å². The summed E-state index contributed by atoms with van der Waals surface area (Å²) in [7, 11) is -3.89. The van der Waals surface area contributed by atoms with Crippen LogP contribution in [0.1, 0.15) is 61.8 Å². The first-order valence-electron chi connectivity index (χ1n) is 13.8. The van der Waals surface area contributed by atoms with Gasteiger partial charge in [-0.15, -0.1) is 0 Å². The highest BCUT2D eigenvalue weighted by molar-refractivity contribution is 7.89. The molecule has 3 fully saturated rings. The van der Waals surface area contributed by atoms with Crippen molar-refractivity contribution in [2.45, 2.75) is 69.5 Å². The number of amides is 1. The summed E-state index contributed by atoms with van der Waals surface area (Å²) >= 11 is 13.0. The van der Waals surface area contributed by atoms with Gasteiger partial charge in [-0.2, -0.15) is 0 Å². The van der Waals surface area contributed by atoms with E-state index < -0.39 is 27.5 Å². The third kappa shape index (κ3) is 5.84. The third-order valence-corrected chi connectivity index (χ3v) is 10.0. The smallest absolute Gasteiger partial charge is 0.239 e. The number of sulfonamides is 1. The van der Waals surface area contributed by atoms with E-state index in [0.29, 0.717) is 46.1 Å². The Morgan fingerprint density at radius 1 is 1.20 bits per heavy atom. The lowest BCUT2D eigenvalue weighted by molar-refractivity contribution is -0.119. The summed E-state index contributed by atoms with van der Waals surface area (Å²) < 4.78 is 53.8. The van der Waals surface area contributed by atoms with Crippen molar-refractivity contribution in [2.24, 2.45) is 5.92 Å². The van der Waals surface area contributed by atoms with Gasteiger partial charge in [0.05, 0.1) is 34.2 Å². The zero-order valence-electron chi connectivity index (χ0n) is 22.4. The Bertz CT molecular complexity index is 1570. The normalized spacial score (nSPS) is 22.0. The molecule has 2 aliphatic carbocycles. The molecular weight excluding hydrogens is 592 g/mol. The van der Waals surface area contributed by atoms with Gasteiger partial charge < -0.3 is 14.2 Å². The maximum atomic E-state index is 15.2. The van der Waals surface area contributed by atoms with Gasteiger partial charge in [0.15, 0.2) is 0 Å². The minimum atomic E-state index is -3.89. The summed E-state index contributed by atoms with van der Waals surface area (Å²) in [6.45, 7) is 2.53. The molecule has 2 saturated carbocycles. The minimum absolute atomic E-state index is 0.00225. The van der Waals surface area contributed by atoms with Crippen molar-refractivity contribution in [3.05, 3.63) is 69.1 Å². The monoisotopic (exact) mass is 621 g/mol. The number of nitrogens with one attached hydrogen (secondary N) is 1. The van der Waals surface area contributed by atoms with E-state index in [0.717, 1.165) is 37.0 Å². The largest absolute Gasteiger partial charge is 0.373 e. The van der Waals surface area contributed by atoms with Crippen molar-refractivity contribution in [1.82, 2.24) is 9.88 Å². The first kappa shape index (κ1) is 28.5. The number of carbonyl (C=O) groups is 1. The SMILES string of the molecule is CCC(=O)NS(=O)(=O)Cc1ccc(N2C[C@@H]3C[C@H]2C[C@H]3OCc2c(-c3c(Cl)cccc3Cl)noc2C2CC2)c(F)c1. The molecule has 3 aliphatic rings. The lowest BCUT2D eigenvalue weighted by atomic mass is 10.0. The van der Waals surface area contributed by atoms with Gasteiger partial charge in [0.25, 0.3) is 0 Å². The van der Waals surface area contributed by atoms with Crippen LogP contribution in [0.3, 0.4) is 0 Å². The Labute approximate surface area is 248 Å². The van der Waals surface area contributed by atoms with E-state index in [9.17, 15) is 13.2 Å². The number of benzene rings is 2. The molecule has 8 nitrogen and oxygen atoms in total. The summed E-state index contributed by atoms with van der Waals surface area (Å²) in [6.07, 6.45) is 3.77. The predicted octanol–water partition coefficient (Wildman–Crippen LogP) is 6.20. The highest BCUT2D eigenvalue weighted by Crippen LogP contribution is 2.47. The van der Waals surface area contributed by atoms with Crippen molar-refractivity contribution in [2.75, 3.05) is 11.4 Å². The van der Waals surface area contributed by atoms with Crippen LogP contribution in [0, 0.1) is 11.7 Å². The predicted molar refractivity (Wildman–Crippen MR) is 154 cm³/mol. The van der Waals surface area contributed by atoms with E-state index >= 15 is 4.39 Å². The number of fused-ring (bicyclic) bond motifs is 2. The van der Waals surface area contributed by atoms with Gasteiger partial charge in [0.2, 0.25) is 15.9 Å². The van der Waals surface area contributed by atoms with Gasteiger partial charge >= 0.3 is 0 Å². The van der Waals surface area contributed by atoms with Gasteiger partial charge in [-0.05, 0) is 55.5 Å². The molecule has 1 saturated heterocycles. The number of aromatic nitrogens is 1. The number of hydrogen-bond acceptors (Lipinski definition) is 7. The van der Waals surface area contributed by atoms with Crippen LogP contribution in [0.4, 0.5) is 10.1 Å². The lowest BCUT2D eigenvalue weighted by Crippen LogP contribution is -2.39. The standard InChI is InChI=1S/C29H30Cl2FN3O5S/c1-2-26(36)34-41(37,38)15-16-6-9-24(23(32)10-16)35-13-18-11-19(35)12-25(18)39-14-20-28(33-40-29(20)17-7-8-17)27-21(30)4-3-5-22(27)31/h3-6,9-10,17-19,25H,2,7-8,11-15H2,1H3,(H,34,36)/t18-,19-,25+/m0/s1. The zero-order valence-corrected chi connectivity index (χ0v) is 24.7. The van der Waals surface area contributed by atoms with E-state index in [1.54, 1.807) is 37.3 Å². The number of ether oxygens (including phenoxy) is 1. The number of carbonyl (C=O) groups excluding carboxylic acids is 1. The van der Waals surface area contributed by atoms with Crippen molar-refractivity contribution in [1.29, 1.82) is 0 Å². The van der Waals surface area contributed by atoms with Crippen LogP contribution in [0.2, 0.25) is 10.0 Å². The number of piperidine rings is 1. The Morgan fingerprint density at radius 3 is 2.59 bits per heavy atom. The van der Waals surface area contributed by atoms with Crippen LogP contribution in [0.25, 0.3) is 11.3 Å². The van der Waals surface area contributed by atoms with Crippen molar-refractivity contribution in [3.63, 3.8) is 0 Å². The molecule has 1 amide bonds. The average Bonchev–Trinajstić information content (AvgIpc) is 3.37. The van der Waals surface area contributed by atoms with E-state index in [1.807, 2.05) is 9.62 Å². The molecule has 218 valence electrons. The molecule has 0 spiro atoms. The molecule has 1 aliphatic heterocycles. The summed E-state index contributed by atoms with van der Waals surface area (Å²) in [5.74, 6) is -0.159. The number of nitrogens with zero attached hydrogens (tertiary/aromatic N) is 2. The van der Waals surface area contributed by atoms with Crippen molar-refractivity contribution >= 4 is 44.8 Å². The van der Waals surface area contributed by atoms with Gasteiger partial charge in [-0.1, -0.05) is 47.4 Å². The Hall–Kier alpha value is -2.66. The van der Waals surface area contributed by atoms with Crippen molar-refractivity contribution < 1.29 is 26.9 Å². The van der Waals surface area contributed by atoms with E-state index in [-0.39, 0.29) is 30.0 Å². The van der Waals surface area contributed by atoms with Gasteiger partial charge in [-0.3, -0.25) is 9.52 Å². The van der Waals surface area contributed by atoms with Gasteiger partial charge in [0, 0.05) is 42.0 Å². The van der Waals surface area contributed by atoms with E-state index in [4.69, 9.17) is 32.5 Å². The quantitative estimate of drug-likeness (QED) is 0.287. The number of hydrogen-bond donors (Lipinski definition) is 1. The molecule has 3 atom stereocenters. The van der Waals surface area contributed by atoms with Crippen LogP contribution in [-0.2, 0) is 31.9 Å². The first-order valence-corrected chi connectivity index (χ1v) is 16.2. The lowest BCUT2D eigenvalue weighted by Gasteiger charge is -2.33. The van der Waals surface area contributed by atoms with Crippen LogP contribution < -0.4 is 9.62 Å². The molecule has 0 unspecified atom stereocenters. The molecule has 2 aromatic carbocycles. The summed E-state index contributed by atoms with van der Waals surface area (Å²) in [5.41, 5.74) is 2.87.